The van der Waals surface area contributed by atoms with Gasteiger partial charge in [0, 0.05) is 6.61 Å². The van der Waals surface area contributed by atoms with E-state index in [-0.39, 0.29) is 13.3 Å². The quantitative estimate of drug-likeness (QED) is 0.417. The van der Waals surface area contributed by atoms with Gasteiger partial charge in [-0.2, -0.15) is 0 Å². The molecular weight excluding hydrogens is 138 g/mol. The Morgan fingerprint density at radius 1 is 1.20 bits per heavy atom. The summed E-state index contributed by atoms with van der Waals surface area (Å²) < 4.78 is 15.8. The molecule has 0 radical (unpaired) electrons. The van der Waals surface area contributed by atoms with E-state index in [2.05, 4.69) is 4.65 Å². The Kier molecular flexibility index (Phi) is 6.90. The number of alkyl halides is 1. The molecule has 0 aromatic rings. The van der Waals surface area contributed by atoms with Crippen LogP contribution in [0.3, 0.4) is 0 Å². The first-order valence-corrected chi connectivity index (χ1v) is 3.31. The number of halogens is 1. The molecule has 0 fully saturated rings. The van der Waals surface area contributed by atoms with Gasteiger partial charge < -0.3 is 14.7 Å². The Balaban J connectivity index is 2.77. The molecular formula is C5H12BFO3. The van der Waals surface area contributed by atoms with Crippen molar-refractivity contribution in [3.05, 3.63) is 0 Å². The van der Waals surface area contributed by atoms with Crippen molar-refractivity contribution in [3.63, 3.8) is 0 Å². The maximum Gasteiger partial charge on any atom is 0.633 e. The van der Waals surface area contributed by atoms with E-state index in [0.717, 1.165) is 6.42 Å². The molecule has 3 nitrogen and oxygen atoms in total. The average Bonchev–Trinajstić information content (AvgIpc) is 1.87. The van der Waals surface area contributed by atoms with Crippen LogP contribution in [-0.4, -0.2) is 30.7 Å². The van der Waals surface area contributed by atoms with Gasteiger partial charge in [0.2, 0.25) is 0 Å². The van der Waals surface area contributed by atoms with Crippen molar-refractivity contribution in [2.45, 2.75) is 19.3 Å². The van der Waals surface area contributed by atoms with Gasteiger partial charge in [0.15, 0.2) is 0 Å². The second kappa shape index (κ2) is 6.99. The summed E-state index contributed by atoms with van der Waals surface area (Å²) in [5.41, 5.74) is 0. The fourth-order valence-electron chi connectivity index (χ4n) is 0.562. The molecule has 10 heavy (non-hydrogen) atoms. The van der Waals surface area contributed by atoms with Crippen molar-refractivity contribution in [1.82, 2.24) is 0 Å². The Hall–Kier alpha value is -0.125. The molecule has 0 spiro atoms. The summed E-state index contributed by atoms with van der Waals surface area (Å²) in [4.78, 5) is 0. The third-order valence-corrected chi connectivity index (χ3v) is 1.04. The molecule has 0 aromatic heterocycles. The van der Waals surface area contributed by atoms with E-state index in [9.17, 15) is 4.39 Å². The van der Waals surface area contributed by atoms with Crippen molar-refractivity contribution in [1.29, 1.82) is 0 Å². The topological polar surface area (TPSA) is 49.7 Å². The molecule has 60 valence electrons. The highest BCUT2D eigenvalue weighted by atomic mass is 19.1. The molecule has 0 amide bonds. The van der Waals surface area contributed by atoms with Crippen LogP contribution in [0.25, 0.3) is 0 Å². The second-order valence-electron chi connectivity index (χ2n) is 1.95. The molecule has 0 bridgehead atoms. The number of hydrogen-bond acceptors (Lipinski definition) is 3. The molecule has 0 unspecified atom stereocenters. The molecule has 0 aliphatic heterocycles. The molecule has 0 aromatic carbocycles. The van der Waals surface area contributed by atoms with Crippen molar-refractivity contribution in [2.75, 3.05) is 13.3 Å². The lowest BCUT2D eigenvalue weighted by atomic mass is 10.2. The largest absolute Gasteiger partial charge is 0.633 e. The fourth-order valence-corrected chi connectivity index (χ4v) is 0.562. The molecule has 5 heteroatoms. The Labute approximate surface area is 60.0 Å². The summed E-state index contributed by atoms with van der Waals surface area (Å²) in [5, 5.41) is 16.3. The molecule has 0 rings (SSSR count). The van der Waals surface area contributed by atoms with Gasteiger partial charge in [-0.15, -0.1) is 0 Å². The minimum Gasteiger partial charge on any atom is -0.402 e. The minimum absolute atomic E-state index is 0.275. The SMILES string of the molecule is OB(O)OCCCCCF. The molecule has 0 aliphatic rings. The van der Waals surface area contributed by atoms with Crippen LogP contribution < -0.4 is 0 Å². The molecule has 0 aliphatic carbocycles. The van der Waals surface area contributed by atoms with E-state index in [1.165, 1.54) is 0 Å². The summed E-state index contributed by atoms with van der Waals surface area (Å²) in [7, 11) is -1.69. The van der Waals surface area contributed by atoms with Crippen molar-refractivity contribution in [2.24, 2.45) is 0 Å². The highest BCUT2D eigenvalue weighted by Gasteiger charge is 2.06. The summed E-state index contributed by atoms with van der Waals surface area (Å²) in [6, 6.07) is 0. The lowest BCUT2D eigenvalue weighted by Crippen LogP contribution is -2.17. The molecule has 0 heterocycles. The monoisotopic (exact) mass is 150 g/mol. The van der Waals surface area contributed by atoms with E-state index in [1.807, 2.05) is 0 Å². The summed E-state index contributed by atoms with van der Waals surface area (Å²) in [6.45, 7) is -0.0423. The van der Waals surface area contributed by atoms with Gasteiger partial charge in [0.25, 0.3) is 0 Å². The van der Waals surface area contributed by atoms with Crippen LogP contribution in [0.15, 0.2) is 0 Å². The average molecular weight is 150 g/mol. The summed E-state index contributed by atoms with van der Waals surface area (Å²) in [5.74, 6) is 0. The zero-order valence-corrected chi connectivity index (χ0v) is 5.79. The van der Waals surface area contributed by atoms with Crippen LogP contribution in [-0.2, 0) is 4.65 Å². The first-order chi connectivity index (χ1) is 4.77. The van der Waals surface area contributed by atoms with Crippen LogP contribution in [0.1, 0.15) is 19.3 Å². The number of rotatable bonds is 6. The van der Waals surface area contributed by atoms with Crippen molar-refractivity contribution < 1.29 is 19.1 Å². The minimum atomic E-state index is -1.69. The van der Waals surface area contributed by atoms with Gasteiger partial charge in [0.05, 0.1) is 6.67 Å². The van der Waals surface area contributed by atoms with Gasteiger partial charge in [0.1, 0.15) is 0 Å². The Morgan fingerprint density at radius 3 is 2.40 bits per heavy atom. The molecule has 0 saturated carbocycles. The zero-order valence-electron chi connectivity index (χ0n) is 5.79. The van der Waals surface area contributed by atoms with Crippen LogP contribution in [0.4, 0.5) is 4.39 Å². The Morgan fingerprint density at radius 2 is 1.90 bits per heavy atom. The fraction of sp³-hybridized carbons (Fsp3) is 1.00. The zero-order chi connectivity index (χ0) is 7.82. The van der Waals surface area contributed by atoms with Gasteiger partial charge in [-0.05, 0) is 19.3 Å². The van der Waals surface area contributed by atoms with Gasteiger partial charge in [-0.25, -0.2) is 0 Å². The summed E-state index contributed by atoms with van der Waals surface area (Å²) in [6.07, 6.45) is 1.91. The van der Waals surface area contributed by atoms with Crippen LogP contribution in [0, 0.1) is 0 Å². The number of unbranched alkanes of at least 4 members (excludes halogenated alkanes) is 2. The Bertz CT molecular complexity index is 71.9. The highest BCUT2D eigenvalue weighted by Crippen LogP contribution is 1.95. The predicted octanol–water partition coefficient (Wildman–Crippen LogP) is 0.112. The summed E-state index contributed by atoms with van der Waals surface area (Å²) >= 11 is 0. The van der Waals surface area contributed by atoms with Gasteiger partial charge in [-0.1, -0.05) is 0 Å². The van der Waals surface area contributed by atoms with Gasteiger partial charge >= 0.3 is 7.32 Å². The highest BCUT2D eigenvalue weighted by molar-refractivity contribution is 6.32. The molecule has 0 saturated heterocycles. The predicted molar refractivity (Wildman–Crippen MR) is 36.0 cm³/mol. The van der Waals surface area contributed by atoms with Gasteiger partial charge in [-0.3, -0.25) is 4.39 Å². The smallest absolute Gasteiger partial charge is 0.402 e. The van der Waals surface area contributed by atoms with Crippen molar-refractivity contribution in [3.8, 4) is 0 Å². The van der Waals surface area contributed by atoms with Crippen LogP contribution in [0.2, 0.25) is 0 Å². The van der Waals surface area contributed by atoms with E-state index >= 15 is 0 Å². The standard InChI is InChI=1S/C5H12BFO3/c7-4-2-1-3-5-10-6(8)9/h8-9H,1-5H2. The lowest BCUT2D eigenvalue weighted by molar-refractivity contribution is 0.181. The van der Waals surface area contributed by atoms with E-state index in [0.29, 0.717) is 12.8 Å². The first-order valence-electron chi connectivity index (χ1n) is 3.31. The third kappa shape index (κ3) is 7.87. The molecule has 0 atom stereocenters. The maximum atomic E-state index is 11.4. The maximum absolute atomic E-state index is 11.4. The van der Waals surface area contributed by atoms with Crippen molar-refractivity contribution >= 4 is 7.32 Å². The lowest BCUT2D eigenvalue weighted by Gasteiger charge is -1.99. The molecule has 2 N–H and O–H groups in total. The van der Waals surface area contributed by atoms with E-state index in [1.54, 1.807) is 0 Å². The van der Waals surface area contributed by atoms with Crippen LogP contribution in [0.5, 0.6) is 0 Å². The normalized spacial score (nSPS) is 9.90. The van der Waals surface area contributed by atoms with Crippen LogP contribution >= 0.6 is 0 Å². The van der Waals surface area contributed by atoms with E-state index in [4.69, 9.17) is 10.0 Å². The van der Waals surface area contributed by atoms with E-state index < -0.39 is 7.32 Å². The second-order valence-corrected chi connectivity index (χ2v) is 1.95. The third-order valence-electron chi connectivity index (χ3n) is 1.04. The number of hydrogen-bond donors (Lipinski definition) is 2. The first kappa shape index (κ1) is 9.87.